The molecule has 0 aliphatic heterocycles. The summed E-state index contributed by atoms with van der Waals surface area (Å²) in [4.78, 5) is 34.4. The standard InChI is InChI=1S/C25H23FN4O4S/c1-33-20-10-9-16(14-21(20)34-2)11-13-30-24(32)17-6-5-12-27-23(17)29-25(30)35-15-22(31)28-19-8-4-3-7-18(19)26/h3-10,12,14H,11,13,15H2,1-2H3,(H,28,31). The fraction of sp³-hybridized carbons (Fsp3) is 0.200. The largest absolute Gasteiger partial charge is 0.493 e. The van der Waals surface area contributed by atoms with Gasteiger partial charge in [0.1, 0.15) is 5.82 Å². The van der Waals surface area contributed by atoms with E-state index in [1.807, 2.05) is 18.2 Å². The van der Waals surface area contributed by atoms with E-state index in [4.69, 9.17) is 9.47 Å². The van der Waals surface area contributed by atoms with Crippen molar-refractivity contribution in [3.63, 3.8) is 0 Å². The number of aromatic nitrogens is 3. The van der Waals surface area contributed by atoms with E-state index >= 15 is 0 Å². The van der Waals surface area contributed by atoms with E-state index < -0.39 is 11.7 Å². The minimum absolute atomic E-state index is 0.0600. The highest BCUT2D eigenvalue weighted by atomic mass is 32.2. The molecule has 4 aromatic rings. The summed E-state index contributed by atoms with van der Waals surface area (Å²) in [5, 5.41) is 3.28. The van der Waals surface area contributed by atoms with Gasteiger partial charge in [0.05, 0.1) is 31.0 Å². The lowest BCUT2D eigenvalue weighted by atomic mass is 10.1. The van der Waals surface area contributed by atoms with Gasteiger partial charge in [-0.25, -0.2) is 14.4 Å². The Kier molecular flexibility index (Phi) is 7.61. The van der Waals surface area contributed by atoms with Crippen molar-refractivity contribution in [2.24, 2.45) is 0 Å². The molecule has 10 heteroatoms. The van der Waals surface area contributed by atoms with Crippen LogP contribution in [-0.2, 0) is 17.8 Å². The van der Waals surface area contributed by atoms with Crippen molar-refractivity contribution in [3.8, 4) is 11.5 Å². The fourth-order valence-corrected chi connectivity index (χ4v) is 4.31. The van der Waals surface area contributed by atoms with Gasteiger partial charge in [-0.05, 0) is 48.4 Å². The number of amides is 1. The highest BCUT2D eigenvalue weighted by Gasteiger charge is 2.15. The number of methoxy groups -OCH3 is 2. The number of halogens is 1. The van der Waals surface area contributed by atoms with E-state index in [-0.39, 0.29) is 17.0 Å². The van der Waals surface area contributed by atoms with Gasteiger partial charge >= 0.3 is 0 Å². The number of pyridine rings is 1. The number of hydrogen-bond donors (Lipinski definition) is 1. The second-order valence-corrected chi connectivity index (χ2v) is 8.42. The van der Waals surface area contributed by atoms with Gasteiger partial charge in [-0.2, -0.15) is 0 Å². The fourth-order valence-electron chi connectivity index (χ4n) is 3.50. The lowest BCUT2D eigenvalue weighted by Crippen LogP contribution is -2.25. The van der Waals surface area contributed by atoms with E-state index in [1.165, 1.54) is 16.7 Å². The maximum Gasteiger partial charge on any atom is 0.263 e. The summed E-state index contributed by atoms with van der Waals surface area (Å²) in [5.74, 6) is 0.212. The van der Waals surface area contributed by atoms with Gasteiger partial charge in [-0.15, -0.1) is 0 Å². The van der Waals surface area contributed by atoms with Crippen molar-refractivity contribution in [3.05, 3.63) is 82.5 Å². The minimum atomic E-state index is -0.522. The Morgan fingerprint density at radius 1 is 1.09 bits per heavy atom. The zero-order valence-electron chi connectivity index (χ0n) is 19.2. The van der Waals surface area contributed by atoms with Crippen LogP contribution in [0.1, 0.15) is 5.56 Å². The van der Waals surface area contributed by atoms with Crippen molar-refractivity contribution < 1.29 is 18.7 Å². The number of nitrogens with zero attached hydrogens (tertiary/aromatic N) is 3. The molecular weight excluding hydrogens is 471 g/mol. The van der Waals surface area contributed by atoms with Crippen LogP contribution in [-0.4, -0.2) is 40.4 Å². The lowest BCUT2D eigenvalue weighted by Gasteiger charge is -2.14. The quantitative estimate of drug-likeness (QED) is 0.278. The van der Waals surface area contributed by atoms with Gasteiger partial charge in [0.2, 0.25) is 5.91 Å². The Labute approximate surface area is 205 Å². The molecule has 2 aromatic carbocycles. The smallest absolute Gasteiger partial charge is 0.263 e. The topological polar surface area (TPSA) is 95.3 Å². The molecule has 1 N–H and O–H groups in total. The first kappa shape index (κ1) is 24.2. The third-order valence-corrected chi connectivity index (χ3v) is 6.22. The minimum Gasteiger partial charge on any atom is -0.493 e. The van der Waals surface area contributed by atoms with Gasteiger partial charge in [0, 0.05) is 12.7 Å². The summed E-state index contributed by atoms with van der Waals surface area (Å²) >= 11 is 1.09. The average molecular weight is 495 g/mol. The molecule has 0 aliphatic rings. The number of thioether (sulfide) groups is 1. The summed E-state index contributed by atoms with van der Waals surface area (Å²) in [5.41, 5.74) is 1.09. The molecule has 2 aromatic heterocycles. The second kappa shape index (κ2) is 11.0. The first-order valence-corrected chi connectivity index (χ1v) is 11.7. The zero-order chi connectivity index (χ0) is 24.8. The van der Waals surface area contributed by atoms with Crippen molar-refractivity contribution >= 4 is 34.4 Å². The Bertz CT molecular complexity index is 1430. The molecule has 0 spiro atoms. The highest BCUT2D eigenvalue weighted by Crippen LogP contribution is 2.28. The number of carbonyl (C=O) groups excluding carboxylic acids is 1. The third kappa shape index (κ3) is 5.60. The third-order valence-electron chi connectivity index (χ3n) is 5.25. The van der Waals surface area contributed by atoms with Crippen molar-refractivity contribution in [2.75, 3.05) is 25.3 Å². The van der Waals surface area contributed by atoms with Crippen molar-refractivity contribution in [2.45, 2.75) is 18.1 Å². The normalized spacial score (nSPS) is 10.8. The number of hydrogen-bond acceptors (Lipinski definition) is 7. The van der Waals surface area contributed by atoms with Crippen LogP contribution in [0.15, 0.2) is 70.7 Å². The highest BCUT2D eigenvalue weighted by molar-refractivity contribution is 7.99. The van der Waals surface area contributed by atoms with Gasteiger partial charge in [-0.3, -0.25) is 14.2 Å². The summed E-state index contributed by atoms with van der Waals surface area (Å²) in [7, 11) is 3.13. The van der Waals surface area contributed by atoms with Crippen molar-refractivity contribution in [1.29, 1.82) is 0 Å². The van der Waals surface area contributed by atoms with Crippen molar-refractivity contribution in [1.82, 2.24) is 14.5 Å². The van der Waals surface area contributed by atoms with E-state index in [0.717, 1.165) is 17.3 Å². The molecule has 0 saturated heterocycles. The number of fused-ring (bicyclic) bond motifs is 1. The maximum absolute atomic E-state index is 13.9. The predicted molar refractivity (Wildman–Crippen MR) is 133 cm³/mol. The number of anilines is 1. The Morgan fingerprint density at radius 2 is 1.89 bits per heavy atom. The monoisotopic (exact) mass is 494 g/mol. The molecule has 0 unspecified atom stereocenters. The van der Waals surface area contributed by atoms with Crippen LogP contribution in [0.3, 0.4) is 0 Å². The maximum atomic E-state index is 13.9. The number of ether oxygens (including phenoxy) is 2. The summed E-state index contributed by atoms with van der Waals surface area (Å²) < 4.78 is 26.0. The van der Waals surface area contributed by atoms with Gasteiger partial charge in [0.25, 0.3) is 5.56 Å². The van der Waals surface area contributed by atoms with E-state index in [2.05, 4.69) is 15.3 Å². The molecule has 35 heavy (non-hydrogen) atoms. The summed E-state index contributed by atoms with van der Waals surface area (Å²) in [6, 6.07) is 14.8. The van der Waals surface area contributed by atoms with Crippen LogP contribution in [0.2, 0.25) is 0 Å². The first-order chi connectivity index (χ1) is 17.0. The van der Waals surface area contributed by atoms with Crippen LogP contribution >= 0.6 is 11.8 Å². The number of nitrogens with one attached hydrogen (secondary N) is 1. The molecule has 4 rings (SSSR count). The number of benzene rings is 2. The van der Waals surface area contributed by atoms with Crippen LogP contribution < -0.4 is 20.3 Å². The average Bonchev–Trinajstić information content (AvgIpc) is 2.88. The molecule has 8 nitrogen and oxygen atoms in total. The Hall–Kier alpha value is -3.92. The number of aryl methyl sites for hydroxylation is 1. The summed E-state index contributed by atoms with van der Waals surface area (Å²) in [6.45, 7) is 0.323. The van der Waals surface area contributed by atoms with Gasteiger partial charge in [0.15, 0.2) is 22.3 Å². The van der Waals surface area contributed by atoms with E-state index in [0.29, 0.717) is 40.7 Å². The Morgan fingerprint density at radius 3 is 2.66 bits per heavy atom. The van der Waals surface area contributed by atoms with Crippen LogP contribution in [0.4, 0.5) is 10.1 Å². The van der Waals surface area contributed by atoms with E-state index in [9.17, 15) is 14.0 Å². The van der Waals surface area contributed by atoms with Gasteiger partial charge in [-0.1, -0.05) is 30.0 Å². The van der Waals surface area contributed by atoms with E-state index in [1.54, 1.807) is 44.7 Å². The summed E-state index contributed by atoms with van der Waals surface area (Å²) in [6.07, 6.45) is 2.07. The molecule has 0 saturated carbocycles. The Balaban J connectivity index is 1.57. The molecule has 0 aliphatic carbocycles. The molecular formula is C25H23FN4O4S. The zero-order valence-corrected chi connectivity index (χ0v) is 20.0. The molecule has 0 radical (unpaired) electrons. The first-order valence-electron chi connectivity index (χ1n) is 10.7. The number of rotatable bonds is 9. The molecule has 0 atom stereocenters. The number of carbonyl (C=O) groups is 1. The van der Waals surface area contributed by atoms with Crippen LogP contribution in [0.25, 0.3) is 11.0 Å². The molecule has 2 heterocycles. The van der Waals surface area contributed by atoms with Gasteiger partial charge < -0.3 is 14.8 Å². The number of para-hydroxylation sites is 1. The predicted octanol–water partition coefficient (Wildman–Crippen LogP) is 3.92. The molecule has 1 amide bonds. The molecule has 180 valence electrons. The van der Waals surface area contributed by atoms with Crippen LogP contribution in [0, 0.1) is 5.82 Å². The molecule has 0 bridgehead atoms. The second-order valence-electron chi connectivity index (χ2n) is 7.48. The SMILES string of the molecule is COc1ccc(CCn2c(SCC(=O)Nc3ccccc3F)nc3ncccc3c2=O)cc1OC. The molecule has 0 fully saturated rings. The van der Waals surface area contributed by atoms with Crippen LogP contribution in [0.5, 0.6) is 11.5 Å². The lowest BCUT2D eigenvalue weighted by molar-refractivity contribution is -0.113.